The van der Waals surface area contributed by atoms with Gasteiger partial charge in [0.25, 0.3) is 0 Å². The van der Waals surface area contributed by atoms with Crippen LogP contribution in [0.2, 0.25) is 0 Å². The van der Waals surface area contributed by atoms with Gasteiger partial charge in [0.15, 0.2) is 6.04 Å². The van der Waals surface area contributed by atoms with Crippen LogP contribution in [0.5, 0.6) is 0 Å². The number of thiophene rings is 1. The van der Waals surface area contributed by atoms with Crippen molar-refractivity contribution >= 4 is 35.1 Å². The molecular formula is C11H16N2O3S2. The van der Waals surface area contributed by atoms with Crippen molar-refractivity contribution in [2.75, 3.05) is 18.6 Å². The Bertz CT molecular complexity index is 382. The third kappa shape index (κ3) is 4.97. The minimum absolute atomic E-state index is 0.447. The molecule has 7 heteroatoms. The summed E-state index contributed by atoms with van der Waals surface area (Å²) in [4.78, 5) is 23.2. The molecule has 18 heavy (non-hydrogen) atoms. The summed E-state index contributed by atoms with van der Waals surface area (Å²) in [5.74, 6) is -0.0928. The zero-order chi connectivity index (χ0) is 13.4. The molecule has 0 saturated heterocycles. The number of hydrogen-bond acceptors (Lipinski definition) is 4. The van der Waals surface area contributed by atoms with Crippen molar-refractivity contribution in [1.82, 2.24) is 10.6 Å². The van der Waals surface area contributed by atoms with E-state index < -0.39 is 18.0 Å². The number of nitrogens with one attached hydrogen (secondary N) is 2. The lowest BCUT2D eigenvalue weighted by Gasteiger charge is -2.13. The van der Waals surface area contributed by atoms with E-state index in [9.17, 15) is 9.59 Å². The number of rotatable bonds is 7. The molecule has 0 saturated carbocycles. The molecule has 1 rings (SSSR count). The molecule has 0 radical (unpaired) electrons. The van der Waals surface area contributed by atoms with Crippen molar-refractivity contribution in [2.24, 2.45) is 0 Å². The lowest BCUT2D eigenvalue weighted by Crippen LogP contribution is -2.41. The van der Waals surface area contributed by atoms with Crippen LogP contribution >= 0.6 is 23.1 Å². The van der Waals surface area contributed by atoms with Crippen molar-refractivity contribution < 1.29 is 14.7 Å². The van der Waals surface area contributed by atoms with Gasteiger partial charge in [-0.25, -0.2) is 9.59 Å². The van der Waals surface area contributed by atoms with E-state index in [-0.39, 0.29) is 0 Å². The molecule has 0 aliphatic carbocycles. The number of carboxylic acid groups (broad SMARTS) is 1. The van der Waals surface area contributed by atoms with Crippen LogP contribution in [-0.4, -0.2) is 35.7 Å². The first kappa shape index (κ1) is 14.8. The van der Waals surface area contributed by atoms with E-state index in [2.05, 4.69) is 10.6 Å². The summed E-state index contributed by atoms with van der Waals surface area (Å²) in [5, 5.41) is 15.9. The van der Waals surface area contributed by atoms with Crippen molar-refractivity contribution in [3.63, 3.8) is 0 Å². The molecule has 1 aromatic rings. The number of urea groups is 1. The fraction of sp³-hybridized carbons (Fsp3) is 0.455. The molecule has 0 aliphatic heterocycles. The summed E-state index contributed by atoms with van der Waals surface area (Å²) in [6, 6.07) is 2.02. The van der Waals surface area contributed by atoms with Gasteiger partial charge in [0.2, 0.25) is 0 Å². The molecule has 1 heterocycles. The second-order valence-corrected chi connectivity index (χ2v) is 5.50. The fourth-order valence-electron chi connectivity index (χ4n) is 1.31. The first-order chi connectivity index (χ1) is 8.65. The third-order valence-corrected chi connectivity index (χ3v) is 3.79. The molecule has 5 nitrogen and oxygen atoms in total. The summed E-state index contributed by atoms with van der Waals surface area (Å²) in [5.41, 5.74) is 0. The lowest BCUT2D eigenvalue weighted by atomic mass is 10.2. The topological polar surface area (TPSA) is 78.4 Å². The van der Waals surface area contributed by atoms with Crippen LogP contribution in [0.1, 0.15) is 17.3 Å². The minimum Gasteiger partial charge on any atom is -0.479 e. The highest BCUT2D eigenvalue weighted by Gasteiger charge is 2.22. The normalized spacial score (nSPS) is 11.8. The standard InChI is InChI=1S/C11H16N2O3S2/c1-17-6-3-5-12-11(16)13-9(10(14)15)8-4-2-7-18-8/h2,4,7,9H,3,5-6H2,1H3,(H,14,15)(H2,12,13,16). The van der Waals surface area contributed by atoms with E-state index in [1.54, 1.807) is 29.3 Å². The third-order valence-electron chi connectivity index (χ3n) is 2.16. The summed E-state index contributed by atoms with van der Waals surface area (Å²) in [6.45, 7) is 0.545. The Kier molecular flexibility index (Phi) is 6.59. The van der Waals surface area contributed by atoms with E-state index in [0.29, 0.717) is 11.4 Å². The van der Waals surface area contributed by atoms with Crippen LogP contribution < -0.4 is 10.6 Å². The van der Waals surface area contributed by atoms with Gasteiger partial charge in [0, 0.05) is 11.4 Å². The summed E-state index contributed by atoms with van der Waals surface area (Å²) < 4.78 is 0. The zero-order valence-electron chi connectivity index (χ0n) is 10.0. The van der Waals surface area contributed by atoms with Gasteiger partial charge in [0.05, 0.1) is 0 Å². The predicted octanol–water partition coefficient (Wildman–Crippen LogP) is 1.93. The van der Waals surface area contributed by atoms with Gasteiger partial charge in [-0.1, -0.05) is 6.07 Å². The summed E-state index contributed by atoms with van der Waals surface area (Å²) in [6.07, 6.45) is 2.86. The zero-order valence-corrected chi connectivity index (χ0v) is 11.6. The van der Waals surface area contributed by atoms with Crippen LogP contribution in [0, 0.1) is 0 Å². The molecule has 0 fully saturated rings. The molecule has 0 aliphatic rings. The number of amides is 2. The summed E-state index contributed by atoms with van der Waals surface area (Å²) in [7, 11) is 0. The van der Waals surface area contributed by atoms with E-state index in [0.717, 1.165) is 12.2 Å². The quantitative estimate of drug-likeness (QED) is 0.670. The van der Waals surface area contributed by atoms with Crippen LogP contribution in [0.4, 0.5) is 4.79 Å². The fourth-order valence-corrected chi connectivity index (χ4v) is 2.51. The Balaban J connectivity index is 2.42. The van der Waals surface area contributed by atoms with E-state index in [4.69, 9.17) is 5.11 Å². The Morgan fingerprint density at radius 3 is 2.89 bits per heavy atom. The number of aliphatic carboxylic acids is 1. The minimum atomic E-state index is -1.06. The predicted molar refractivity (Wildman–Crippen MR) is 74.2 cm³/mol. The second-order valence-electron chi connectivity index (χ2n) is 3.53. The van der Waals surface area contributed by atoms with Crippen LogP contribution in [0.25, 0.3) is 0 Å². The first-order valence-corrected chi connectivity index (χ1v) is 7.72. The average molecular weight is 288 g/mol. The van der Waals surface area contributed by atoms with Crippen LogP contribution in [0.15, 0.2) is 17.5 Å². The highest BCUT2D eigenvalue weighted by atomic mass is 32.2. The monoisotopic (exact) mass is 288 g/mol. The molecule has 3 N–H and O–H groups in total. The van der Waals surface area contributed by atoms with Gasteiger partial charge in [-0.05, 0) is 29.9 Å². The Morgan fingerprint density at radius 2 is 2.33 bits per heavy atom. The Labute approximate surface area is 114 Å². The molecular weight excluding hydrogens is 272 g/mol. The highest BCUT2D eigenvalue weighted by Crippen LogP contribution is 2.18. The Morgan fingerprint density at radius 1 is 1.56 bits per heavy atom. The van der Waals surface area contributed by atoms with Gasteiger partial charge in [0.1, 0.15) is 0 Å². The largest absolute Gasteiger partial charge is 0.479 e. The van der Waals surface area contributed by atoms with Crippen LogP contribution in [0.3, 0.4) is 0 Å². The average Bonchev–Trinajstić information content (AvgIpc) is 2.85. The SMILES string of the molecule is CSCCCNC(=O)NC(C(=O)O)c1cccs1. The highest BCUT2D eigenvalue weighted by molar-refractivity contribution is 7.98. The van der Waals surface area contributed by atoms with Crippen molar-refractivity contribution in [3.8, 4) is 0 Å². The van der Waals surface area contributed by atoms with Gasteiger partial charge in [-0.2, -0.15) is 11.8 Å². The van der Waals surface area contributed by atoms with Crippen LogP contribution in [-0.2, 0) is 4.79 Å². The molecule has 0 bridgehead atoms. The molecule has 100 valence electrons. The summed E-state index contributed by atoms with van der Waals surface area (Å²) >= 11 is 3.01. The number of carbonyl (C=O) groups excluding carboxylic acids is 1. The molecule has 0 aromatic carbocycles. The Hall–Kier alpha value is -1.21. The van der Waals surface area contributed by atoms with Gasteiger partial charge in [-0.15, -0.1) is 11.3 Å². The molecule has 1 unspecified atom stereocenters. The van der Waals surface area contributed by atoms with Gasteiger partial charge in [-0.3, -0.25) is 0 Å². The maximum atomic E-state index is 11.5. The van der Waals surface area contributed by atoms with Crippen molar-refractivity contribution in [1.29, 1.82) is 0 Å². The maximum Gasteiger partial charge on any atom is 0.331 e. The number of carbonyl (C=O) groups is 2. The molecule has 0 spiro atoms. The molecule has 2 amide bonds. The number of thioether (sulfide) groups is 1. The van der Waals surface area contributed by atoms with Gasteiger partial charge < -0.3 is 15.7 Å². The first-order valence-electron chi connectivity index (χ1n) is 5.44. The van der Waals surface area contributed by atoms with E-state index >= 15 is 0 Å². The smallest absolute Gasteiger partial charge is 0.331 e. The lowest BCUT2D eigenvalue weighted by molar-refractivity contribution is -0.139. The van der Waals surface area contributed by atoms with Crippen molar-refractivity contribution in [3.05, 3.63) is 22.4 Å². The molecule has 1 atom stereocenters. The second kappa shape index (κ2) is 7.99. The number of carboxylic acids is 1. The van der Waals surface area contributed by atoms with E-state index in [1.807, 2.05) is 6.26 Å². The van der Waals surface area contributed by atoms with Crippen molar-refractivity contribution in [2.45, 2.75) is 12.5 Å². The van der Waals surface area contributed by atoms with Gasteiger partial charge >= 0.3 is 12.0 Å². The van der Waals surface area contributed by atoms with E-state index in [1.165, 1.54) is 11.3 Å². The number of hydrogen-bond donors (Lipinski definition) is 3. The molecule has 1 aromatic heterocycles. The maximum absolute atomic E-state index is 11.5.